The molecule has 5 nitrogen and oxygen atoms in total. The molecule has 0 spiro atoms. The molecule has 1 fully saturated rings. The van der Waals surface area contributed by atoms with Gasteiger partial charge in [0.2, 0.25) is 5.91 Å². The molecule has 2 rings (SSSR count). The van der Waals surface area contributed by atoms with Crippen LogP contribution in [-0.2, 0) is 4.79 Å². The summed E-state index contributed by atoms with van der Waals surface area (Å²) in [7, 11) is 0. The molecule has 0 aromatic carbocycles. The van der Waals surface area contributed by atoms with Gasteiger partial charge in [0.25, 0.3) is 0 Å². The zero-order valence-electron chi connectivity index (χ0n) is 10.5. The Labute approximate surface area is 121 Å². The van der Waals surface area contributed by atoms with Crippen molar-refractivity contribution in [2.75, 3.05) is 24.3 Å². The minimum absolute atomic E-state index is 0.133. The average Bonchev–Trinajstić information content (AvgIpc) is 2.32. The number of pyridine rings is 1. The van der Waals surface area contributed by atoms with Gasteiger partial charge in [-0.05, 0) is 19.9 Å². The molecule has 2 heterocycles. The number of rotatable bonds is 5. The Hall–Kier alpha value is -1.04. The van der Waals surface area contributed by atoms with Gasteiger partial charge in [-0.3, -0.25) is 4.79 Å². The Kier molecular flexibility index (Phi) is 4.85. The van der Waals surface area contributed by atoms with Gasteiger partial charge in [0.1, 0.15) is 18.2 Å². The van der Waals surface area contributed by atoms with Crippen molar-refractivity contribution in [1.82, 2.24) is 10.3 Å². The maximum absolute atomic E-state index is 11.3. The van der Waals surface area contributed by atoms with Crippen LogP contribution in [0, 0.1) is 6.92 Å². The number of anilines is 1. The number of aromatic nitrogens is 1. The summed E-state index contributed by atoms with van der Waals surface area (Å²) in [6, 6.07) is 2.06. The third-order valence-electron chi connectivity index (χ3n) is 2.88. The van der Waals surface area contributed by atoms with Crippen LogP contribution in [0.4, 0.5) is 5.69 Å². The van der Waals surface area contributed by atoms with Gasteiger partial charge in [-0.1, -0.05) is 11.6 Å². The van der Waals surface area contributed by atoms with Gasteiger partial charge in [0, 0.05) is 12.1 Å². The van der Waals surface area contributed by atoms with E-state index in [1.807, 2.05) is 6.92 Å². The highest BCUT2D eigenvalue weighted by Gasteiger charge is 2.18. The summed E-state index contributed by atoms with van der Waals surface area (Å²) in [6.45, 7) is 3.42. The molecule has 1 amide bonds. The van der Waals surface area contributed by atoms with Gasteiger partial charge in [-0.2, -0.15) is 0 Å². The van der Waals surface area contributed by atoms with Crippen molar-refractivity contribution in [3.05, 3.63) is 16.9 Å². The lowest BCUT2D eigenvalue weighted by atomic mass is 10.1. The largest absolute Gasteiger partial charge is 0.490 e. The van der Waals surface area contributed by atoms with Crippen molar-refractivity contribution in [1.29, 1.82) is 0 Å². The van der Waals surface area contributed by atoms with E-state index in [1.54, 1.807) is 6.07 Å². The molecule has 0 radical (unpaired) electrons. The first-order valence-corrected chi connectivity index (χ1v) is 6.90. The molecule has 1 aliphatic rings. The fraction of sp³-hybridized carbons (Fsp3) is 0.500. The van der Waals surface area contributed by atoms with Gasteiger partial charge in [0.15, 0.2) is 5.15 Å². The topological polar surface area (TPSA) is 63.2 Å². The minimum Gasteiger partial charge on any atom is -0.490 e. The van der Waals surface area contributed by atoms with Crippen LogP contribution in [0.25, 0.3) is 0 Å². The first-order valence-electron chi connectivity index (χ1n) is 5.99. The molecular weight excluding hydrogens is 289 g/mol. The van der Waals surface area contributed by atoms with Gasteiger partial charge in [-0.25, -0.2) is 4.98 Å². The minimum atomic E-state index is -0.333. The first kappa shape index (κ1) is 14.4. The van der Waals surface area contributed by atoms with Crippen LogP contribution in [0.2, 0.25) is 5.15 Å². The number of nitrogens with one attached hydrogen (secondary N) is 2. The van der Waals surface area contributed by atoms with Crippen molar-refractivity contribution in [2.45, 2.75) is 19.4 Å². The lowest BCUT2D eigenvalue weighted by molar-refractivity contribution is -0.113. The highest BCUT2D eigenvalue weighted by molar-refractivity contribution is 6.33. The zero-order valence-corrected chi connectivity index (χ0v) is 12.0. The molecule has 1 atom stereocenters. The number of nitrogens with zero attached hydrogens (tertiary/aromatic N) is 1. The Morgan fingerprint density at radius 2 is 2.42 bits per heavy atom. The maximum atomic E-state index is 11.3. The summed E-state index contributed by atoms with van der Waals surface area (Å²) in [5.41, 5.74) is 1.10. The Bertz CT molecular complexity index is 478. The molecule has 0 aliphatic carbocycles. The van der Waals surface area contributed by atoms with Crippen LogP contribution in [-0.4, -0.2) is 36.0 Å². The molecule has 1 aliphatic heterocycles. The monoisotopic (exact) mass is 303 g/mol. The summed E-state index contributed by atoms with van der Waals surface area (Å²) in [5, 5.41) is 6.05. The lowest BCUT2D eigenvalue weighted by Crippen LogP contribution is -2.46. The molecule has 1 saturated heterocycles. The first-order chi connectivity index (χ1) is 9.10. The molecule has 1 aromatic heterocycles. The van der Waals surface area contributed by atoms with Crippen LogP contribution in [0.3, 0.4) is 0 Å². The number of ether oxygens (including phenoxy) is 1. The second-order valence-electron chi connectivity index (χ2n) is 4.34. The number of aryl methyl sites for hydroxylation is 1. The van der Waals surface area contributed by atoms with Gasteiger partial charge in [-0.15, -0.1) is 11.6 Å². The van der Waals surface area contributed by atoms with E-state index in [1.165, 1.54) is 0 Å². The standard InChI is InChI=1S/C12H15Cl2N3O2/c1-7-10(19-6-8-2-3-15-8)4-9(12(14)16-7)17-11(18)5-13/h4,8,15H,2-3,5-6H2,1H3,(H,17,18)/t8-/m0/s1. The van der Waals surface area contributed by atoms with Crippen molar-refractivity contribution >= 4 is 34.8 Å². The Morgan fingerprint density at radius 3 is 3.00 bits per heavy atom. The van der Waals surface area contributed by atoms with Crippen LogP contribution in [0.1, 0.15) is 12.1 Å². The summed E-state index contributed by atoms with van der Waals surface area (Å²) >= 11 is 11.4. The SMILES string of the molecule is Cc1nc(Cl)c(NC(=O)CCl)cc1OC[C@@H]1CCN1. The van der Waals surface area contributed by atoms with Crippen molar-refractivity contribution in [2.24, 2.45) is 0 Å². The number of carbonyl (C=O) groups is 1. The highest BCUT2D eigenvalue weighted by Crippen LogP contribution is 2.27. The number of alkyl halides is 1. The predicted octanol–water partition coefficient (Wildman–Crippen LogP) is 1.96. The van der Waals surface area contributed by atoms with E-state index in [2.05, 4.69) is 15.6 Å². The molecule has 0 unspecified atom stereocenters. The van der Waals surface area contributed by atoms with Crippen LogP contribution >= 0.6 is 23.2 Å². The molecule has 7 heteroatoms. The van der Waals surface area contributed by atoms with E-state index in [4.69, 9.17) is 27.9 Å². The molecule has 0 bridgehead atoms. The fourth-order valence-electron chi connectivity index (χ4n) is 1.66. The molecule has 19 heavy (non-hydrogen) atoms. The second kappa shape index (κ2) is 6.41. The number of halogens is 2. The number of hydrogen-bond acceptors (Lipinski definition) is 4. The summed E-state index contributed by atoms with van der Waals surface area (Å²) < 4.78 is 5.68. The van der Waals surface area contributed by atoms with Crippen molar-refractivity contribution < 1.29 is 9.53 Å². The second-order valence-corrected chi connectivity index (χ2v) is 4.97. The van der Waals surface area contributed by atoms with Crippen LogP contribution in [0.15, 0.2) is 6.07 Å². The highest BCUT2D eigenvalue weighted by atomic mass is 35.5. The number of carbonyl (C=O) groups excluding carboxylic acids is 1. The fourth-order valence-corrected chi connectivity index (χ4v) is 1.95. The van der Waals surface area contributed by atoms with E-state index in [0.29, 0.717) is 29.8 Å². The quantitative estimate of drug-likeness (QED) is 0.645. The van der Waals surface area contributed by atoms with E-state index < -0.39 is 0 Å². The van der Waals surface area contributed by atoms with E-state index in [0.717, 1.165) is 13.0 Å². The van der Waals surface area contributed by atoms with Crippen molar-refractivity contribution in [3.8, 4) is 5.75 Å². The van der Waals surface area contributed by atoms with Gasteiger partial charge < -0.3 is 15.4 Å². The van der Waals surface area contributed by atoms with Gasteiger partial charge >= 0.3 is 0 Å². The molecule has 2 N–H and O–H groups in total. The lowest BCUT2D eigenvalue weighted by Gasteiger charge is -2.27. The molecular formula is C12H15Cl2N3O2. The summed E-state index contributed by atoms with van der Waals surface area (Å²) in [4.78, 5) is 15.4. The summed E-state index contributed by atoms with van der Waals surface area (Å²) in [6.07, 6.45) is 1.11. The molecule has 104 valence electrons. The smallest absolute Gasteiger partial charge is 0.239 e. The predicted molar refractivity (Wildman–Crippen MR) is 75.2 cm³/mol. The maximum Gasteiger partial charge on any atom is 0.239 e. The Morgan fingerprint density at radius 1 is 1.68 bits per heavy atom. The Balaban J connectivity index is 2.08. The normalized spacial score (nSPS) is 17.7. The zero-order chi connectivity index (χ0) is 13.8. The third kappa shape index (κ3) is 3.72. The van der Waals surface area contributed by atoms with Crippen molar-refractivity contribution in [3.63, 3.8) is 0 Å². The number of amides is 1. The van der Waals surface area contributed by atoms with Crippen LogP contribution in [0.5, 0.6) is 5.75 Å². The van der Waals surface area contributed by atoms with Gasteiger partial charge in [0.05, 0.1) is 11.4 Å². The van der Waals surface area contributed by atoms with Crippen LogP contribution < -0.4 is 15.4 Å². The molecule has 1 aromatic rings. The summed E-state index contributed by atoms with van der Waals surface area (Å²) in [5.74, 6) is 0.149. The third-order valence-corrected chi connectivity index (χ3v) is 3.41. The van der Waals surface area contributed by atoms with E-state index >= 15 is 0 Å². The number of hydrogen-bond donors (Lipinski definition) is 2. The molecule has 0 saturated carbocycles. The van der Waals surface area contributed by atoms with E-state index in [9.17, 15) is 4.79 Å². The van der Waals surface area contributed by atoms with E-state index in [-0.39, 0.29) is 16.9 Å². The average molecular weight is 304 g/mol.